The molecule has 6 heteroatoms. The maximum atomic E-state index is 12.2. The summed E-state index contributed by atoms with van der Waals surface area (Å²) in [5.41, 5.74) is 5.21. The molecule has 15 heavy (non-hydrogen) atoms. The number of hydrogen-bond acceptors (Lipinski definition) is 1. The van der Waals surface area contributed by atoms with Crippen molar-refractivity contribution in [3.63, 3.8) is 0 Å². The Morgan fingerprint density at radius 1 is 1.20 bits per heavy atom. The van der Waals surface area contributed by atoms with E-state index in [9.17, 15) is 13.2 Å². The van der Waals surface area contributed by atoms with E-state index in [-0.39, 0.29) is 15.6 Å². The summed E-state index contributed by atoms with van der Waals surface area (Å²) in [5.74, 6) is 0. The Labute approximate surface area is 95.0 Å². The van der Waals surface area contributed by atoms with Crippen molar-refractivity contribution in [2.75, 3.05) is 0 Å². The molecular weight excluding hydrogens is 250 g/mol. The Balaban J connectivity index is 2.90. The van der Waals surface area contributed by atoms with E-state index in [0.717, 1.165) is 0 Å². The van der Waals surface area contributed by atoms with E-state index in [4.69, 9.17) is 28.9 Å². The van der Waals surface area contributed by atoms with E-state index < -0.39 is 18.6 Å². The molecule has 0 amide bonds. The fourth-order valence-electron chi connectivity index (χ4n) is 1.06. The van der Waals surface area contributed by atoms with Gasteiger partial charge in [0, 0.05) is 10.0 Å². The zero-order valence-corrected chi connectivity index (χ0v) is 9.00. The minimum Gasteiger partial charge on any atom is -0.320 e. The van der Waals surface area contributed by atoms with Gasteiger partial charge in [0.15, 0.2) is 0 Å². The quantitative estimate of drug-likeness (QED) is 0.864. The van der Waals surface area contributed by atoms with Crippen molar-refractivity contribution in [1.82, 2.24) is 0 Å². The maximum Gasteiger partial charge on any atom is 0.403 e. The highest BCUT2D eigenvalue weighted by Gasteiger charge is 2.37. The van der Waals surface area contributed by atoms with E-state index in [2.05, 4.69) is 0 Å². The van der Waals surface area contributed by atoms with Crippen molar-refractivity contribution in [2.24, 2.45) is 5.73 Å². The van der Waals surface area contributed by atoms with Crippen molar-refractivity contribution in [3.8, 4) is 0 Å². The first kappa shape index (κ1) is 12.6. The SMILES string of the molecule is NC(Cc1c(Cl)cccc1Cl)C(F)(F)F. The average Bonchev–Trinajstić information content (AvgIpc) is 2.09. The van der Waals surface area contributed by atoms with Crippen LogP contribution in [-0.4, -0.2) is 12.2 Å². The minimum absolute atomic E-state index is 0.196. The third kappa shape index (κ3) is 3.26. The molecule has 1 atom stereocenters. The molecule has 2 N–H and O–H groups in total. The van der Waals surface area contributed by atoms with Crippen LogP contribution in [0.25, 0.3) is 0 Å². The van der Waals surface area contributed by atoms with Crippen LogP contribution in [0.2, 0.25) is 10.0 Å². The highest BCUT2D eigenvalue weighted by Crippen LogP contribution is 2.29. The summed E-state index contributed by atoms with van der Waals surface area (Å²) in [7, 11) is 0. The third-order valence-electron chi connectivity index (χ3n) is 1.91. The molecule has 84 valence electrons. The topological polar surface area (TPSA) is 26.0 Å². The predicted octanol–water partition coefficient (Wildman–Crippen LogP) is 3.43. The first-order valence-corrected chi connectivity index (χ1v) is 4.83. The van der Waals surface area contributed by atoms with Crippen LogP contribution >= 0.6 is 23.2 Å². The van der Waals surface area contributed by atoms with Crippen molar-refractivity contribution in [3.05, 3.63) is 33.8 Å². The standard InChI is InChI=1S/C9H8Cl2F3N/c10-6-2-1-3-7(11)5(6)4-8(15)9(12,13)14/h1-3,8H,4,15H2. The normalized spacial score (nSPS) is 14.0. The summed E-state index contributed by atoms with van der Waals surface area (Å²) in [4.78, 5) is 0. The molecule has 0 aromatic heterocycles. The Bertz CT molecular complexity index is 331. The van der Waals surface area contributed by atoms with Gasteiger partial charge in [0.1, 0.15) is 6.04 Å². The Morgan fingerprint density at radius 3 is 2.07 bits per heavy atom. The summed E-state index contributed by atoms with van der Waals surface area (Å²) < 4.78 is 36.6. The van der Waals surface area contributed by atoms with Crippen LogP contribution in [0.4, 0.5) is 13.2 Å². The first-order chi connectivity index (χ1) is 6.82. The Morgan fingerprint density at radius 2 is 1.67 bits per heavy atom. The molecule has 0 aliphatic heterocycles. The van der Waals surface area contributed by atoms with Crippen molar-refractivity contribution >= 4 is 23.2 Å². The fraction of sp³-hybridized carbons (Fsp3) is 0.333. The molecule has 1 nitrogen and oxygen atoms in total. The van der Waals surface area contributed by atoms with Gasteiger partial charge < -0.3 is 5.73 Å². The highest BCUT2D eigenvalue weighted by atomic mass is 35.5. The van der Waals surface area contributed by atoms with Gasteiger partial charge in [-0.15, -0.1) is 0 Å². The van der Waals surface area contributed by atoms with Crippen LogP contribution in [-0.2, 0) is 6.42 Å². The molecule has 0 radical (unpaired) electrons. The molecule has 0 saturated heterocycles. The number of nitrogens with two attached hydrogens (primary N) is 1. The van der Waals surface area contributed by atoms with Gasteiger partial charge in [-0.2, -0.15) is 13.2 Å². The summed E-state index contributed by atoms with van der Waals surface area (Å²) in [6, 6.07) is 2.57. The van der Waals surface area contributed by atoms with E-state index in [1.807, 2.05) is 0 Å². The molecule has 0 spiro atoms. The molecule has 0 bridgehead atoms. The van der Waals surface area contributed by atoms with E-state index in [1.54, 1.807) is 6.07 Å². The molecule has 0 fully saturated rings. The third-order valence-corrected chi connectivity index (χ3v) is 2.61. The van der Waals surface area contributed by atoms with Crippen LogP contribution in [0.3, 0.4) is 0 Å². The Kier molecular flexibility index (Phi) is 3.87. The van der Waals surface area contributed by atoms with Gasteiger partial charge in [0.05, 0.1) is 0 Å². The van der Waals surface area contributed by atoms with Gasteiger partial charge in [0.2, 0.25) is 0 Å². The molecular formula is C9H8Cl2F3N. The largest absolute Gasteiger partial charge is 0.403 e. The lowest BCUT2D eigenvalue weighted by molar-refractivity contribution is -0.147. The van der Waals surface area contributed by atoms with Gasteiger partial charge in [-0.25, -0.2) is 0 Å². The van der Waals surface area contributed by atoms with E-state index in [0.29, 0.717) is 0 Å². The second kappa shape index (κ2) is 4.60. The smallest absolute Gasteiger partial charge is 0.320 e. The summed E-state index contributed by atoms with van der Waals surface area (Å²) in [5, 5.41) is 0.393. The van der Waals surface area contributed by atoms with Gasteiger partial charge in [-0.1, -0.05) is 29.3 Å². The number of benzene rings is 1. The lowest BCUT2D eigenvalue weighted by atomic mass is 10.1. The van der Waals surface area contributed by atoms with Crippen molar-refractivity contribution < 1.29 is 13.2 Å². The predicted molar refractivity (Wildman–Crippen MR) is 54.2 cm³/mol. The van der Waals surface area contributed by atoms with E-state index in [1.165, 1.54) is 12.1 Å². The van der Waals surface area contributed by atoms with E-state index >= 15 is 0 Å². The number of hydrogen-bond donors (Lipinski definition) is 1. The summed E-state index contributed by atoms with van der Waals surface area (Å²) in [6.45, 7) is 0. The zero-order chi connectivity index (χ0) is 11.6. The fourth-order valence-corrected chi connectivity index (χ4v) is 1.61. The second-order valence-corrected chi connectivity index (χ2v) is 3.87. The highest BCUT2D eigenvalue weighted by molar-refractivity contribution is 6.35. The number of halogens is 5. The molecule has 0 aliphatic carbocycles. The number of alkyl halides is 3. The van der Waals surface area contributed by atoms with Crippen molar-refractivity contribution in [1.29, 1.82) is 0 Å². The Hall–Kier alpha value is -0.450. The lowest BCUT2D eigenvalue weighted by Gasteiger charge is -2.16. The van der Waals surface area contributed by atoms with Crippen LogP contribution in [0, 0.1) is 0 Å². The number of rotatable bonds is 2. The van der Waals surface area contributed by atoms with Gasteiger partial charge >= 0.3 is 6.18 Å². The van der Waals surface area contributed by atoms with Gasteiger partial charge in [0.25, 0.3) is 0 Å². The molecule has 1 aromatic rings. The molecule has 1 rings (SSSR count). The average molecular weight is 258 g/mol. The molecule has 1 unspecified atom stereocenters. The first-order valence-electron chi connectivity index (χ1n) is 4.07. The molecule has 0 heterocycles. The molecule has 0 saturated carbocycles. The summed E-state index contributed by atoms with van der Waals surface area (Å²) in [6.07, 6.45) is -4.86. The minimum atomic E-state index is -4.44. The van der Waals surface area contributed by atoms with Crippen LogP contribution < -0.4 is 5.73 Å². The molecule has 0 aliphatic rings. The van der Waals surface area contributed by atoms with Crippen molar-refractivity contribution in [2.45, 2.75) is 18.6 Å². The van der Waals surface area contributed by atoms with Crippen LogP contribution in [0.15, 0.2) is 18.2 Å². The van der Waals surface area contributed by atoms with Gasteiger partial charge in [-0.05, 0) is 24.1 Å². The van der Waals surface area contributed by atoms with Gasteiger partial charge in [-0.3, -0.25) is 0 Å². The van der Waals surface area contributed by atoms with Crippen LogP contribution in [0.1, 0.15) is 5.56 Å². The zero-order valence-electron chi connectivity index (χ0n) is 7.48. The summed E-state index contributed by atoms with van der Waals surface area (Å²) >= 11 is 11.4. The monoisotopic (exact) mass is 257 g/mol. The molecule has 1 aromatic carbocycles. The van der Waals surface area contributed by atoms with Crippen LogP contribution in [0.5, 0.6) is 0 Å². The maximum absolute atomic E-state index is 12.2. The second-order valence-electron chi connectivity index (χ2n) is 3.05. The lowest BCUT2D eigenvalue weighted by Crippen LogP contribution is -2.39.